The molecule has 80 valence electrons. The van der Waals surface area contributed by atoms with Gasteiger partial charge in [-0.3, -0.25) is 0 Å². The number of aliphatic hydroxyl groups is 1. The molecule has 14 heavy (non-hydrogen) atoms. The SMILES string of the molecule is CCN(/C=C/C=C(\N)C(=O)O)CCO. The fourth-order valence-corrected chi connectivity index (χ4v) is 0.806. The van der Waals surface area contributed by atoms with Crippen LogP contribution in [0.2, 0.25) is 0 Å². The highest BCUT2D eigenvalue weighted by molar-refractivity contribution is 5.85. The number of nitrogens with zero attached hydrogens (tertiary/aromatic N) is 1. The molecule has 0 unspecified atom stereocenters. The number of nitrogens with two attached hydrogens (primary N) is 1. The molecule has 0 radical (unpaired) electrons. The second-order valence-corrected chi connectivity index (χ2v) is 2.62. The molecule has 0 aliphatic heterocycles. The number of hydrogen-bond donors (Lipinski definition) is 3. The van der Waals surface area contributed by atoms with Crippen molar-refractivity contribution in [2.45, 2.75) is 6.92 Å². The molecule has 0 aromatic carbocycles. The first kappa shape index (κ1) is 12.5. The van der Waals surface area contributed by atoms with Gasteiger partial charge in [-0.25, -0.2) is 4.79 Å². The Kier molecular flexibility index (Phi) is 6.22. The predicted molar refractivity (Wildman–Crippen MR) is 53.4 cm³/mol. The molecule has 5 heteroatoms. The first-order chi connectivity index (χ1) is 6.61. The van der Waals surface area contributed by atoms with Crippen LogP contribution in [0.3, 0.4) is 0 Å². The van der Waals surface area contributed by atoms with Gasteiger partial charge >= 0.3 is 5.97 Å². The van der Waals surface area contributed by atoms with Crippen molar-refractivity contribution in [1.82, 2.24) is 4.90 Å². The molecule has 0 atom stereocenters. The van der Waals surface area contributed by atoms with E-state index in [4.69, 9.17) is 15.9 Å². The molecule has 0 saturated carbocycles. The van der Waals surface area contributed by atoms with Gasteiger partial charge in [-0.05, 0) is 25.3 Å². The average Bonchev–Trinajstić information content (AvgIpc) is 2.16. The summed E-state index contributed by atoms with van der Waals surface area (Å²) in [4.78, 5) is 12.1. The number of aliphatic carboxylic acids is 1. The first-order valence-corrected chi connectivity index (χ1v) is 4.34. The van der Waals surface area contributed by atoms with Crippen LogP contribution in [0.5, 0.6) is 0 Å². The molecule has 0 heterocycles. The van der Waals surface area contributed by atoms with Gasteiger partial charge in [0.1, 0.15) is 5.70 Å². The van der Waals surface area contributed by atoms with Crippen LogP contribution in [0.25, 0.3) is 0 Å². The molecule has 0 spiro atoms. The van der Waals surface area contributed by atoms with E-state index in [1.807, 2.05) is 11.8 Å². The van der Waals surface area contributed by atoms with Gasteiger partial charge in [-0.15, -0.1) is 0 Å². The van der Waals surface area contributed by atoms with E-state index < -0.39 is 5.97 Å². The standard InChI is InChI=1S/C9H16N2O3/c1-2-11(6-7-12)5-3-4-8(10)9(13)14/h3-5,12H,2,6-7,10H2,1H3,(H,13,14)/b5-3+,8-4-. The number of allylic oxidation sites excluding steroid dienone is 2. The first-order valence-electron chi connectivity index (χ1n) is 4.34. The molecule has 0 saturated heterocycles. The van der Waals surface area contributed by atoms with Gasteiger partial charge in [0, 0.05) is 13.1 Å². The van der Waals surface area contributed by atoms with Gasteiger partial charge in [-0.1, -0.05) is 0 Å². The van der Waals surface area contributed by atoms with Crippen LogP contribution in [0, 0.1) is 0 Å². The Hall–Kier alpha value is -1.49. The maximum atomic E-state index is 10.3. The van der Waals surface area contributed by atoms with Crippen molar-refractivity contribution < 1.29 is 15.0 Å². The zero-order chi connectivity index (χ0) is 11.0. The molecule has 0 fully saturated rings. The predicted octanol–water partition coefficient (Wildman–Crippen LogP) is -0.258. The van der Waals surface area contributed by atoms with Crippen molar-refractivity contribution in [3.8, 4) is 0 Å². The summed E-state index contributed by atoms with van der Waals surface area (Å²) in [6.07, 6.45) is 4.54. The molecule has 0 aliphatic rings. The third-order valence-electron chi connectivity index (χ3n) is 1.61. The smallest absolute Gasteiger partial charge is 0.351 e. The van der Waals surface area contributed by atoms with Gasteiger partial charge in [0.15, 0.2) is 0 Å². The Morgan fingerprint density at radius 3 is 2.64 bits per heavy atom. The monoisotopic (exact) mass is 200 g/mol. The Bertz CT molecular complexity index is 236. The topological polar surface area (TPSA) is 86.8 Å². The number of hydrogen-bond acceptors (Lipinski definition) is 4. The Morgan fingerprint density at radius 1 is 1.57 bits per heavy atom. The second-order valence-electron chi connectivity index (χ2n) is 2.62. The Labute approximate surface area is 83.1 Å². The van der Waals surface area contributed by atoms with E-state index >= 15 is 0 Å². The van der Waals surface area contributed by atoms with Crippen molar-refractivity contribution >= 4 is 5.97 Å². The zero-order valence-electron chi connectivity index (χ0n) is 8.18. The van der Waals surface area contributed by atoms with Crippen molar-refractivity contribution in [3.05, 3.63) is 24.0 Å². The van der Waals surface area contributed by atoms with Crippen molar-refractivity contribution in [1.29, 1.82) is 0 Å². The van der Waals surface area contributed by atoms with Crippen LogP contribution in [0.15, 0.2) is 24.0 Å². The minimum atomic E-state index is -1.14. The van der Waals surface area contributed by atoms with Crippen LogP contribution >= 0.6 is 0 Å². The number of carbonyl (C=O) groups is 1. The molecule has 0 amide bonds. The third kappa shape index (κ3) is 5.21. The highest BCUT2D eigenvalue weighted by Gasteiger charge is 1.97. The molecule has 0 aromatic heterocycles. The molecular weight excluding hydrogens is 184 g/mol. The summed E-state index contributed by atoms with van der Waals surface area (Å²) in [6.45, 7) is 3.27. The summed E-state index contributed by atoms with van der Waals surface area (Å²) in [5.74, 6) is -1.14. The minimum Gasteiger partial charge on any atom is -0.477 e. The van der Waals surface area contributed by atoms with Gasteiger partial charge in [0.05, 0.1) is 6.61 Å². The van der Waals surface area contributed by atoms with Crippen LogP contribution < -0.4 is 5.73 Å². The molecule has 4 N–H and O–H groups in total. The van der Waals surface area contributed by atoms with E-state index in [0.717, 1.165) is 6.54 Å². The highest BCUT2D eigenvalue weighted by atomic mass is 16.4. The van der Waals surface area contributed by atoms with Crippen molar-refractivity contribution in [3.63, 3.8) is 0 Å². The number of carboxylic acid groups (broad SMARTS) is 1. The molecular formula is C9H16N2O3. The Balaban J connectivity index is 4.14. The normalized spacial score (nSPS) is 12.0. The number of likely N-dealkylation sites (N-methyl/N-ethyl adjacent to an activating group) is 1. The van der Waals surface area contributed by atoms with E-state index in [0.29, 0.717) is 6.54 Å². The van der Waals surface area contributed by atoms with Crippen LogP contribution in [-0.2, 0) is 4.79 Å². The molecule has 0 rings (SSSR count). The lowest BCUT2D eigenvalue weighted by Gasteiger charge is -2.15. The van der Waals surface area contributed by atoms with E-state index in [9.17, 15) is 4.79 Å². The van der Waals surface area contributed by atoms with Gasteiger partial charge < -0.3 is 20.8 Å². The molecule has 0 bridgehead atoms. The van der Waals surface area contributed by atoms with Gasteiger partial charge in [0.25, 0.3) is 0 Å². The summed E-state index contributed by atoms with van der Waals surface area (Å²) in [7, 11) is 0. The summed E-state index contributed by atoms with van der Waals surface area (Å²) in [5, 5.41) is 17.1. The van der Waals surface area contributed by atoms with Crippen LogP contribution in [-0.4, -0.2) is 40.8 Å². The van der Waals surface area contributed by atoms with E-state index in [1.54, 1.807) is 12.3 Å². The average molecular weight is 200 g/mol. The summed E-state index contributed by atoms with van der Waals surface area (Å²) < 4.78 is 0. The summed E-state index contributed by atoms with van der Waals surface area (Å²) >= 11 is 0. The fraction of sp³-hybridized carbons (Fsp3) is 0.444. The van der Waals surface area contributed by atoms with E-state index in [2.05, 4.69) is 0 Å². The van der Waals surface area contributed by atoms with Crippen LogP contribution in [0.4, 0.5) is 0 Å². The quantitative estimate of drug-likeness (QED) is 0.406. The lowest BCUT2D eigenvalue weighted by molar-refractivity contribution is -0.132. The van der Waals surface area contributed by atoms with Crippen LogP contribution in [0.1, 0.15) is 6.92 Å². The molecule has 0 aromatic rings. The van der Waals surface area contributed by atoms with Gasteiger partial charge in [-0.2, -0.15) is 0 Å². The fourth-order valence-electron chi connectivity index (χ4n) is 0.806. The summed E-state index contributed by atoms with van der Waals surface area (Å²) in [6, 6.07) is 0. The minimum absolute atomic E-state index is 0.0658. The highest BCUT2D eigenvalue weighted by Crippen LogP contribution is 1.91. The van der Waals surface area contributed by atoms with E-state index in [1.165, 1.54) is 6.08 Å². The number of carboxylic acids is 1. The second kappa shape index (κ2) is 6.97. The summed E-state index contributed by atoms with van der Waals surface area (Å²) in [5.41, 5.74) is 4.95. The molecule has 0 aliphatic carbocycles. The van der Waals surface area contributed by atoms with E-state index in [-0.39, 0.29) is 12.3 Å². The maximum absolute atomic E-state index is 10.3. The number of rotatable bonds is 6. The lowest BCUT2D eigenvalue weighted by Crippen LogP contribution is -2.20. The lowest BCUT2D eigenvalue weighted by atomic mass is 10.4. The third-order valence-corrected chi connectivity index (χ3v) is 1.61. The van der Waals surface area contributed by atoms with Crippen molar-refractivity contribution in [2.24, 2.45) is 5.73 Å². The Morgan fingerprint density at radius 2 is 2.21 bits per heavy atom. The zero-order valence-corrected chi connectivity index (χ0v) is 8.18. The molecule has 5 nitrogen and oxygen atoms in total. The van der Waals surface area contributed by atoms with Gasteiger partial charge in [0.2, 0.25) is 0 Å². The van der Waals surface area contributed by atoms with Crippen molar-refractivity contribution in [2.75, 3.05) is 19.7 Å². The number of aliphatic hydroxyl groups excluding tert-OH is 1. The maximum Gasteiger partial charge on any atom is 0.351 e. The largest absolute Gasteiger partial charge is 0.477 e.